The van der Waals surface area contributed by atoms with Crippen molar-refractivity contribution in [2.75, 3.05) is 37.5 Å². The van der Waals surface area contributed by atoms with Gasteiger partial charge in [0.25, 0.3) is 0 Å². The summed E-state index contributed by atoms with van der Waals surface area (Å²) < 4.78 is 35.3. The summed E-state index contributed by atoms with van der Waals surface area (Å²) in [6.45, 7) is 1.42. The van der Waals surface area contributed by atoms with Crippen LogP contribution in [-0.2, 0) is 30.5 Å². The van der Waals surface area contributed by atoms with Crippen molar-refractivity contribution in [1.29, 1.82) is 0 Å². The highest BCUT2D eigenvalue weighted by atomic mass is 32.2. The van der Waals surface area contributed by atoms with Gasteiger partial charge >= 0.3 is 6.09 Å². The van der Waals surface area contributed by atoms with Crippen LogP contribution in [0.15, 0.2) is 119 Å². The van der Waals surface area contributed by atoms with Gasteiger partial charge in [0.2, 0.25) is 5.91 Å². The Labute approximate surface area is 286 Å². The van der Waals surface area contributed by atoms with Crippen LogP contribution in [0.4, 0.5) is 10.5 Å². The highest BCUT2D eigenvalue weighted by molar-refractivity contribution is 7.99. The van der Waals surface area contributed by atoms with E-state index in [1.165, 1.54) is 13.4 Å². The average molecular weight is 688 g/mol. The van der Waals surface area contributed by atoms with E-state index in [9.17, 15) is 18.0 Å². The molecule has 3 N–H and O–H groups in total. The number of para-hydroxylation sites is 1. The fourth-order valence-electron chi connectivity index (χ4n) is 5.80. The number of sulfone groups is 1. The second kappa shape index (κ2) is 16.8. The Morgan fingerprint density at radius 2 is 1.54 bits per heavy atom. The summed E-state index contributed by atoms with van der Waals surface area (Å²) in [6, 6.07) is 32.9. The molecule has 0 saturated carbocycles. The van der Waals surface area contributed by atoms with E-state index < -0.39 is 27.9 Å². The third-order valence-electron chi connectivity index (χ3n) is 8.20. The maximum Gasteiger partial charge on any atom is 0.407 e. The largest absolute Gasteiger partial charge is 0.453 e. The van der Waals surface area contributed by atoms with Crippen molar-refractivity contribution in [1.82, 2.24) is 10.6 Å². The molecule has 252 valence electrons. The minimum Gasteiger partial charge on any atom is -0.453 e. The van der Waals surface area contributed by atoms with Crippen LogP contribution < -0.4 is 16.0 Å². The van der Waals surface area contributed by atoms with Crippen LogP contribution in [0.1, 0.15) is 29.0 Å². The molecule has 0 bridgehead atoms. The van der Waals surface area contributed by atoms with E-state index in [4.69, 9.17) is 9.47 Å². The fourth-order valence-corrected chi connectivity index (χ4v) is 7.50. The Morgan fingerprint density at radius 1 is 0.896 bits per heavy atom. The third kappa shape index (κ3) is 9.70. The molecular weight excluding hydrogens is 647 g/mol. The molecule has 4 aromatic rings. The molecule has 0 aliphatic carbocycles. The minimum absolute atomic E-state index is 0.0373. The molecule has 0 spiro atoms. The molecule has 48 heavy (non-hydrogen) atoms. The van der Waals surface area contributed by atoms with E-state index in [0.29, 0.717) is 35.8 Å². The molecule has 1 aliphatic rings. The Kier molecular flexibility index (Phi) is 12.3. The van der Waals surface area contributed by atoms with Crippen molar-refractivity contribution in [2.45, 2.75) is 46.8 Å². The van der Waals surface area contributed by atoms with Gasteiger partial charge in [-0.1, -0.05) is 84.9 Å². The van der Waals surface area contributed by atoms with E-state index >= 15 is 0 Å². The van der Waals surface area contributed by atoms with Crippen LogP contribution in [-0.4, -0.2) is 70.9 Å². The molecule has 1 unspecified atom stereocenters. The van der Waals surface area contributed by atoms with E-state index in [0.717, 1.165) is 28.0 Å². The number of anilines is 1. The first-order valence-electron chi connectivity index (χ1n) is 15.8. The number of hydrogen-bond acceptors (Lipinski definition) is 8. The number of alkyl carbamates (subject to hydrolysis) is 1. The number of ether oxygens (including phenoxy) is 2. The zero-order valence-corrected chi connectivity index (χ0v) is 28.6. The lowest BCUT2D eigenvalue weighted by Crippen LogP contribution is -2.48. The third-order valence-corrected chi connectivity index (χ3v) is 10.4. The summed E-state index contributed by atoms with van der Waals surface area (Å²) >= 11 is 1.57. The molecule has 2 amide bonds. The molecule has 5 rings (SSSR count). The summed E-state index contributed by atoms with van der Waals surface area (Å²) in [5, 5.41) is 9.36. The van der Waals surface area contributed by atoms with Gasteiger partial charge in [-0.3, -0.25) is 4.79 Å². The fraction of sp³-hybridized carbons (Fsp3) is 0.297. The van der Waals surface area contributed by atoms with Gasteiger partial charge in [-0.15, -0.1) is 11.8 Å². The molecule has 0 aromatic heterocycles. The van der Waals surface area contributed by atoms with E-state index in [1.807, 2.05) is 91.0 Å². The molecule has 0 radical (unpaired) electrons. The zero-order chi connectivity index (χ0) is 33.9. The first-order valence-corrected chi connectivity index (χ1v) is 18.7. The molecule has 1 heterocycles. The number of aryl methyl sites for hydroxylation is 1. The van der Waals surface area contributed by atoms with Gasteiger partial charge in [0.15, 0.2) is 9.84 Å². The van der Waals surface area contributed by atoms with Gasteiger partial charge in [-0.25, -0.2) is 13.2 Å². The standard InChI is InChI=1S/C37H41N3O6S2/c1-45-37(42)40-35(34(27-13-5-3-6-14-27)28-15-7-4-8-16-28)36(41)39-33-19-10-9-12-26(33)20-21-29-23-38-24-30(46-29)25-47-31-17-11-18-32(22-31)48(2,43)44/h3-19,22,29-30,34-35,38H,20-21,23-25H2,1-2H3,(H,39,41)(H,40,42)/t29-,30+,35?/m1/s1. The van der Waals surface area contributed by atoms with Gasteiger partial charge in [-0.05, 0) is 53.8 Å². The van der Waals surface area contributed by atoms with Crippen molar-refractivity contribution < 1.29 is 27.5 Å². The van der Waals surface area contributed by atoms with Crippen LogP contribution in [0, 0.1) is 0 Å². The summed E-state index contributed by atoms with van der Waals surface area (Å²) in [4.78, 5) is 27.8. The zero-order valence-electron chi connectivity index (χ0n) is 27.0. The van der Waals surface area contributed by atoms with Crippen LogP contribution in [0.5, 0.6) is 0 Å². The summed E-state index contributed by atoms with van der Waals surface area (Å²) in [5.74, 6) is -0.149. The number of amides is 2. The van der Waals surface area contributed by atoms with E-state index in [1.54, 1.807) is 30.0 Å². The SMILES string of the molecule is COC(=O)NC(C(=O)Nc1ccccc1CC[C@@H]1CNC[C@@H](CSc2cccc(S(C)(=O)=O)c2)O1)C(c1ccccc1)c1ccccc1. The molecule has 9 nitrogen and oxygen atoms in total. The lowest BCUT2D eigenvalue weighted by Gasteiger charge is -2.31. The number of carbonyl (C=O) groups is 2. The molecule has 1 fully saturated rings. The van der Waals surface area contributed by atoms with Crippen LogP contribution in [0.2, 0.25) is 0 Å². The number of nitrogens with one attached hydrogen (secondary N) is 3. The topological polar surface area (TPSA) is 123 Å². The monoisotopic (exact) mass is 687 g/mol. The molecule has 11 heteroatoms. The maximum atomic E-state index is 14.1. The number of carbonyl (C=O) groups excluding carboxylic acids is 2. The van der Waals surface area contributed by atoms with Gasteiger partial charge in [0.05, 0.1) is 24.2 Å². The Bertz CT molecular complexity index is 1730. The van der Waals surface area contributed by atoms with Crippen molar-refractivity contribution >= 4 is 39.3 Å². The predicted molar refractivity (Wildman–Crippen MR) is 189 cm³/mol. The second-order valence-electron chi connectivity index (χ2n) is 11.7. The molecule has 1 aliphatic heterocycles. The lowest BCUT2D eigenvalue weighted by atomic mass is 9.84. The lowest BCUT2D eigenvalue weighted by molar-refractivity contribution is -0.118. The normalized spacial score (nSPS) is 17.0. The van der Waals surface area contributed by atoms with Gasteiger partial charge < -0.3 is 25.4 Å². The summed E-state index contributed by atoms with van der Waals surface area (Å²) in [6.07, 6.45) is 1.83. The average Bonchev–Trinajstić information content (AvgIpc) is 3.11. The van der Waals surface area contributed by atoms with Crippen molar-refractivity contribution in [3.63, 3.8) is 0 Å². The molecule has 1 saturated heterocycles. The number of hydrogen-bond donors (Lipinski definition) is 3. The van der Waals surface area contributed by atoms with Crippen molar-refractivity contribution in [2.24, 2.45) is 0 Å². The second-order valence-corrected chi connectivity index (χ2v) is 14.8. The summed E-state index contributed by atoms with van der Waals surface area (Å²) in [5.41, 5.74) is 3.38. The Balaban J connectivity index is 1.26. The highest BCUT2D eigenvalue weighted by Gasteiger charge is 2.33. The van der Waals surface area contributed by atoms with E-state index in [2.05, 4.69) is 16.0 Å². The van der Waals surface area contributed by atoms with Crippen molar-refractivity contribution in [3.8, 4) is 0 Å². The molecule has 3 atom stereocenters. The van der Waals surface area contributed by atoms with Crippen LogP contribution in [0.3, 0.4) is 0 Å². The highest BCUT2D eigenvalue weighted by Crippen LogP contribution is 2.30. The maximum absolute atomic E-state index is 14.1. The van der Waals surface area contributed by atoms with E-state index in [-0.39, 0.29) is 18.1 Å². The first kappa shape index (κ1) is 35.2. The summed E-state index contributed by atoms with van der Waals surface area (Å²) in [7, 11) is -1.99. The van der Waals surface area contributed by atoms with Crippen LogP contribution in [0.25, 0.3) is 0 Å². The van der Waals surface area contributed by atoms with Crippen LogP contribution >= 0.6 is 11.8 Å². The Morgan fingerprint density at radius 3 is 2.21 bits per heavy atom. The number of benzene rings is 4. The number of thioether (sulfide) groups is 1. The Hall–Kier alpha value is -4.16. The smallest absolute Gasteiger partial charge is 0.407 e. The number of morpholine rings is 1. The van der Waals surface area contributed by atoms with Crippen molar-refractivity contribution in [3.05, 3.63) is 126 Å². The molecular formula is C37H41N3O6S2. The van der Waals surface area contributed by atoms with Gasteiger partial charge in [0.1, 0.15) is 6.04 Å². The quantitative estimate of drug-likeness (QED) is 0.154. The molecule has 4 aromatic carbocycles. The van der Waals surface area contributed by atoms with Gasteiger partial charge in [0, 0.05) is 41.6 Å². The minimum atomic E-state index is -3.27. The first-order chi connectivity index (χ1) is 23.2. The predicted octanol–water partition coefficient (Wildman–Crippen LogP) is 5.67. The number of rotatable bonds is 13. The van der Waals surface area contributed by atoms with Gasteiger partial charge in [-0.2, -0.15) is 0 Å². The number of methoxy groups -OCH3 is 1.